The van der Waals surface area contributed by atoms with Crippen LogP contribution in [0, 0.1) is 5.92 Å². The second-order valence-corrected chi connectivity index (χ2v) is 6.61. The molecule has 25 heavy (non-hydrogen) atoms. The molecule has 0 fully saturated rings. The third-order valence-electron chi connectivity index (χ3n) is 3.38. The van der Waals surface area contributed by atoms with E-state index < -0.39 is 0 Å². The summed E-state index contributed by atoms with van der Waals surface area (Å²) in [5.74, 6) is -0.00327. The van der Waals surface area contributed by atoms with E-state index in [0.717, 1.165) is 5.56 Å². The SMILES string of the molecule is COc1cc(CNC(=O)Cc2csc(NC(=O)C(C)C)n2)ccc1O. The third-order valence-corrected chi connectivity index (χ3v) is 4.19. The molecule has 0 radical (unpaired) electrons. The smallest absolute Gasteiger partial charge is 0.228 e. The van der Waals surface area contributed by atoms with Gasteiger partial charge in [0.2, 0.25) is 11.8 Å². The van der Waals surface area contributed by atoms with Crippen molar-refractivity contribution in [1.82, 2.24) is 10.3 Å². The fourth-order valence-corrected chi connectivity index (χ4v) is 2.67. The predicted molar refractivity (Wildman–Crippen MR) is 95.8 cm³/mol. The number of methoxy groups -OCH3 is 1. The summed E-state index contributed by atoms with van der Waals surface area (Å²) in [4.78, 5) is 27.9. The molecule has 0 aliphatic rings. The highest BCUT2D eigenvalue weighted by Crippen LogP contribution is 2.26. The van der Waals surface area contributed by atoms with Crippen LogP contribution in [0.15, 0.2) is 23.6 Å². The number of phenols is 1. The Labute approximate surface area is 150 Å². The number of carbonyl (C=O) groups is 2. The molecular formula is C17H21N3O4S. The number of aromatic hydroxyl groups is 1. The van der Waals surface area contributed by atoms with E-state index in [1.807, 2.05) is 0 Å². The number of hydrogen-bond acceptors (Lipinski definition) is 6. The second kappa shape index (κ2) is 8.48. The number of nitrogens with one attached hydrogen (secondary N) is 2. The molecule has 0 unspecified atom stereocenters. The van der Waals surface area contributed by atoms with Crippen LogP contribution in [-0.4, -0.2) is 29.0 Å². The minimum atomic E-state index is -0.181. The van der Waals surface area contributed by atoms with Crippen LogP contribution in [0.5, 0.6) is 11.5 Å². The van der Waals surface area contributed by atoms with Gasteiger partial charge in [0, 0.05) is 17.8 Å². The van der Waals surface area contributed by atoms with Crippen molar-refractivity contribution in [3.8, 4) is 11.5 Å². The van der Waals surface area contributed by atoms with Crippen LogP contribution in [0.4, 0.5) is 5.13 Å². The Hall–Kier alpha value is -2.61. The summed E-state index contributed by atoms with van der Waals surface area (Å²) in [7, 11) is 1.47. The molecule has 1 aromatic carbocycles. The van der Waals surface area contributed by atoms with Crippen LogP contribution in [-0.2, 0) is 22.6 Å². The van der Waals surface area contributed by atoms with E-state index >= 15 is 0 Å². The minimum absolute atomic E-state index is 0.0519. The van der Waals surface area contributed by atoms with Crippen LogP contribution in [0.1, 0.15) is 25.1 Å². The van der Waals surface area contributed by atoms with Crippen molar-refractivity contribution in [3.05, 3.63) is 34.8 Å². The van der Waals surface area contributed by atoms with Gasteiger partial charge in [0.25, 0.3) is 0 Å². The highest BCUT2D eigenvalue weighted by molar-refractivity contribution is 7.13. The largest absolute Gasteiger partial charge is 0.504 e. The minimum Gasteiger partial charge on any atom is -0.504 e. The number of amides is 2. The van der Waals surface area contributed by atoms with Gasteiger partial charge in [0.05, 0.1) is 19.2 Å². The molecule has 1 heterocycles. The van der Waals surface area contributed by atoms with Crippen LogP contribution >= 0.6 is 11.3 Å². The molecule has 0 bridgehead atoms. The third kappa shape index (κ3) is 5.46. The number of carbonyl (C=O) groups excluding carboxylic acids is 2. The molecule has 7 nitrogen and oxygen atoms in total. The van der Waals surface area contributed by atoms with Gasteiger partial charge in [0.1, 0.15) is 0 Å². The second-order valence-electron chi connectivity index (χ2n) is 5.75. The van der Waals surface area contributed by atoms with Crippen LogP contribution < -0.4 is 15.4 Å². The number of aromatic nitrogens is 1. The number of ether oxygens (including phenoxy) is 1. The van der Waals surface area contributed by atoms with Gasteiger partial charge in [-0.05, 0) is 17.7 Å². The summed E-state index contributed by atoms with van der Waals surface area (Å²) < 4.78 is 5.03. The Morgan fingerprint density at radius 2 is 2.12 bits per heavy atom. The molecule has 2 amide bonds. The Balaban J connectivity index is 1.86. The van der Waals surface area contributed by atoms with Crippen molar-refractivity contribution in [2.75, 3.05) is 12.4 Å². The van der Waals surface area contributed by atoms with Gasteiger partial charge in [-0.1, -0.05) is 19.9 Å². The average Bonchev–Trinajstić information content (AvgIpc) is 3.00. The summed E-state index contributed by atoms with van der Waals surface area (Å²) in [6, 6.07) is 4.89. The Morgan fingerprint density at radius 1 is 1.36 bits per heavy atom. The van der Waals surface area contributed by atoms with Crippen LogP contribution in [0.3, 0.4) is 0 Å². The number of thiazole rings is 1. The van der Waals surface area contributed by atoms with Crippen molar-refractivity contribution in [1.29, 1.82) is 0 Å². The van der Waals surface area contributed by atoms with E-state index in [4.69, 9.17) is 4.74 Å². The van der Waals surface area contributed by atoms with Crippen molar-refractivity contribution in [2.45, 2.75) is 26.8 Å². The fraction of sp³-hybridized carbons (Fsp3) is 0.353. The van der Waals surface area contributed by atoms with Gasteiger partial charge in [-0.25, -0.2) is 4.98 Å². The molecule has 3 N–H and O–H groups in total. The number of anilines is 1. The molecule has 134 valence electrons. The van der Waals surface area contributed by atoms with E-state index in [9.17, 15) is 14.7 Å². The van der Waals surface area contributed by atoms with Crippen molar-refractivity contribution in [3.63, 3.8) is 0 Å². The van der Waals surface area contributed by atoms with Crippen LogP contribution in [0.2, 0.25) is 0 Å². The van der Waals surface area contributed by atoms with Gasteiger partial charge >= 0.3 is 0 Å². The number of nitrogens with zero attached hydrogens (tertiary/aromatic N) is 1. The molecular weight excluding hydrogens is 342 g/mol. The molecule has 0 saturated heterocycles. The molecule has 2 rings (SSSR count). The highest BCUT2D eigenvalue weighted by Gasteiger charge is 2.12. The summed E-state index contributed by atoms with van der Waals surface area (Å²) in [5.41, 5.74) is 1.41. The summed E-state index contributed by atoms with van der Waals surface area (Å²) in [6.07, 6.45) is 0.128. The predicted octanol–water partition coefficient (Wildman–Crippen LogP) is 2.31. The monoisotopic (exact) mass is 363 g/mol. The average molecular weight is 363 g/mol. The number of hydrogen-bond donors (Lipinski definition) is 3. The first-order valence-electron chi connectivity index (χ1n) is 7.77. The molecule has 1 aromatic heterocycles. The standard InChI is InChI=1S/C17H21N3O4S/c1-10(2)16(23)20-17-19-12(9-25-17)7-15(22)18-8-11-4-5-13(21)14(6-11)24-3/h4-6,9-10,21H,7-8H2,1-3H3,(H,18,22)(H,19,20,23). The topological polar surface area (TPSA) is 101 Å². The van der Waals surface area contributed by atoms with Gasteiger partial charge in [-0.3, -0.25) is 9.59 Å². The summed E-state index contributed by atoms with van der Waals surface area (Å²) >= 11 is 1.29. The zero-order chi connectivity index (χ0) is 18.4. The Morgan fingerprint density at radius 3 is 2.80 bits per heavy atom. The first-order chi connectivity index (χ1) is 11.9. The zero-order valence-corrected chi connectivity index (χ0v) is 15.1. The first-order valence-corrected chi connectivity index (χ1v) is 8.65. The Kier molecular flexibility index (Phi) is 6.35. The van der Waals surface area contributed by atoms with E-state index in [2.05, 4.69) is 15.6 Å². The van der Waals surface area contributed by atoms with Gasteiger partial charge in [-0.2, -0.15) is 0 Å². The lowest BCUT2D eigenvalue weighted by Crippen LogP contribution is -2.24. The van der Waals surface area contributed by atoms with Crippen LogP contribution in [0.25, 0.3) is 0 Å². The molecule has 8 heteroatoms. The maximum absolute atomic E-state index is 12.0. The van der Waals surface area contributed by atoms with E-state index in [-0.39, 0.29) is 29.9 Å². The molecule has 0 spiro atoms. The zero-order valence-electron chi connectivity index (χ0n) is 14.3. The lowest BCUT2D eigenvalue weighted by molar-refractivity contribution is -0.120. The van der Waals surface area contributed by atoms with Gasteiger partial charge in [0.15, 0.2) is 16.6 Å². The molecule has 0 atom stereocenters. The molecule has 0 saturated carbocycles. The highest BCUT2D eigenvalue weighted by atomic mass is 32.1. The van der Waals surface area contributed by atoms with E-state index in [1.165, 1.54) is 24.5 Å². The molecule has 0 aliphatic heterocycles. The maximum Gasteiger partial charge on any atom is 0.228 e. The number of rotatable bonds is 7. The van der Waals surface area contributed by atoms with Gasteiger partial charge < -0.3 is 20.5 Å². The maximum atomic E-state index is 12.0. The first kappa shape index (κ1) is 18.7. The summed E-state index contributed by atoms with van der Waals surface area (Å²) in [6.45, 7) is 3.92. The molecule has 0 aliphatic carbocycles. The normalized spacial score (nSPS) is 10.6. The van der Waals surface area contributed by atoms with Crippen molar-refractivity contribution >= 4 is 28.3 Å². The van der Waals surface area contributed by atoms with E-state index in [0.29, 0.717) is 23.1 Å². The Bertz CT molecular complexity index is 758. The van der Waals surface area contributed by atoms with Crippen molar-refractivity contribution < 1.29 is 19.4 Å². The lowest BCUT2D eigenvalue weighted by Gasteiger charge is -2.08. The van der Waals surface area contributed by atoms with Crippen molar-refractivity contribution in [2.24, 2.45) is 5.92 Å². The van der Waals surface area contributed by atoms with E-state index in [1.54, 1.807) is 31.4 Å². The summed E-state index contributed by atoms with van der Waals surface area (Å²) in [5, 5.41) is 17.3. The fourth-order valence-electron chi connectivity index (χ4n) is 1.95. The number of benzene rings is 1. The molecule has 2 aromatic rings. The van der Waals surface area contributed by atoms with Gasteiger partial charge in [-0.15, -0.1) is 11.3 Å². The lowest BCUT2D eigenvalue weighted by atomic mass is 10.2. The number of phenolic OH excluding ortho intramolecular Hbond substituents is 1. The quantitative estimate of drug-likeness (QED) is 0.701.